The van der Waals surface area contributed by atoms with Gasteiger partial charge in [0.05, 0.1) is 0 Å². The molecule has 1 aromatic rings. The zero-order chi connectivity index (χ0) is 9.80. The smallest absolute Gasteiger partial charge is 0.126 e. The van der Waals surface area contributed by atoms with Crippen LogP contribution in [0.15, 0.2) is 18.3 Å². The van der Waals surface area contributed by atoms with E-state index < -0.39 is 0 Å². The van der Waals surface area contributed by atoms with Crippen LogP contribution in [0.2, 0.25) is 0 Å². The van der Waals surface area contributed by atoms with Gasteiger partial charge in [-0.05, 0) is 49.9 Å². The number of nitrogens with one attached hydrogen (secondary N) is 1. The minimum absolute atomic E-state index is 0.700. The highest BCUT2D eigenvalue weighted by Crippen LogP contribution is 2.20. The van der Waals surface area contributed by atoms with Gasteiger partial charge in [0.15, 0.2) is 0 Å². The normalized spacial score (nSPS) is 18.3. The number of nitrogens with zero attached hydrogens (tertiary/aromatic N) is 1. The quantitative estimate of drug-likeness (QED) is 0.738. The molecular formula is C11H17N3. The molecular weight excluding hydrogens is 174 g/mol. The Labute approximate surface area is 84.7 Å². The largest absolute Gasteiger partial charge is 0.383 e. The Bertz CT molecular complexity index is 292. The number of nitrogens with two attached hydrogens (primary N) is 1. The highest BCUT2D eigenvalue weighted by Gasteiger charge is 2.14. The molecule has 0 spiro atoms. The molecule has 1 fully saturated rings. The Morgan fingerprint density at radius 1 is 1.43 bits per heavy atom. The number of aromatic nitrogens is 1. The summed E-state index contributed by atoms with van der Waals surface area (Å²) in [4.78, 5) is 4.11. The third-order valence-electron chi connectivity index (χ3n) is 2.89. The van der Waals surface area contributed by atoms with Crippen molar-refractivity contribution < 1.29 is 0 Å². The van der Waals surface area contributed by atoms with E-state index in [1.165, 1.54) is 18.4 Å². The highest BCUT2D eigenvalue weighted by molar-refractivity contribution is 5.38. The third kappa shape index (κ3) is 2.23. The second kappa shape index (κ2) is 4.42. The third-order valence-corrected chi connectivity index (χ3v) is 2.89. The monoisotopic (exact) mass is 191 g/mol. The summed E-state index contributed by atoms with van der Waals surface area (Å²) in [7, 11) is 0. The standard InChI is InChI=1S/C11H17N3/c12-11-10(2-1-5-14-11)8-9-3-6-13-7-4-9/h1-2,5,9,13H,3-4,6-8H2,(H2,12,14). The van der Waals surface area contributed by atoms with Gasteiger partial charge in [-0.25, -0.2) is 4.98 Å². The Hall–Kier alpha value is -1.09. The minimum atomic E-state index is 0.700. The highest BCUT2D eigenvalue weighted by atomic mass is 14.9. The van der Waals surface area contributed by atoms with E-state index in [1.54, 1.807) is 6.20 Å². The summed E-state index contributed by atoms with van der Waals surface area (Å²) in [6.07, 6.45) is 5.35. The van der Waals surface area contributed by atoms with Crippen LogP contribution in [-0.2, 0) is 6.42 Å². The number of pyridine rings is 1. The van der Waals surface area contributed by atoms with Crippen molar-refractivity contribution in [2.45, 2.75) is 19.3 Å². The summed E-state index contributed by atoms with van der Waals surface area (Å²) in [5, 5.41) is 3.37. The van der Waals surface area contributed by atoms with Gasteiger partial charge < -0.3 is 11.1 Å². The Balaban J connectivity index is 1.99. The van der Waals surface area contributed by atoms with Crippen molar-refractivity contribution in [3.8, 4) is 0 Å². The van der Waals surface area contributed by atoms with Gasteiger partial charge in [-0.1, -0.05) is 6.07 Å². The van der Waals surface area contributed by atoms with Crippen molar-refractivity contribution in [1.82, 2.24) is 10.3 Å². The maximum absolute atomic E-state index is 5.81. The van der Waals surface area contributed by atoms with Crippen molar-refractivity contribution >= 4 is 5.82 Å². The fourth-order valence-electron chi connectivity index (χ4n) is 2.02. The van der Waals surface area contributed by atoms with Crippen molar-refractivity contribution in [3.05, 3.63) is 23.9 Å². The topological polar surface area (TPSA) is 50.9 Å². The molecule has 3 nitrogen and oxygen atoms in total. The molecule has 3 heteroatoms. The number of hydrogen-bond acceptors (Lipinski definition) is 3. The molecule has 0 saturated carbocycles. The number of anilines is 1. The first-order valence-electron chi connectivity index (χ1n) is 5.26. The number of nitrogen functional groups attached to an aromatic ring is 1. The lowest BCUT2D eigenvalue weighted by Gasteiger charge is -2.22. The first-order chi connectivity index (χ1) is 6.86. The molecule has 0 unspecified atom stereocenters. The van der Waals surface area contributed by atoms with Crippen LogP contribution in [0.3, 0.4) is 0 Å². The van der Waals surface area contributed by atoms with E-state index in [9.17, 15) is 0 Å². The molecule has 0 amide bonds. The first-order valence-corrected chi connectivity index (χ1v) is 5.26. The lowest BCUT2D eigenvalue weighted by molar-refractivity contribution is 0.373. The van der Waals surface area contributed by atoms with Crippen molar-refractivity contribution in [2.24, 2.45) is 5.92 Å². The predicted octanol–water partition coefficient (Wildman–Crippen LogP) is 1.21. The molecule has 0 bridgehead atoms. The first kappa shape index (κ1) is 9.46. The second-order valence-corrected chi connectivity index (χ2v) is 3.95. The fourth-order valence-corrected chi connectivity index (χ4v) is 2.02. The van der Waals surface area contributed by atoms with E-state index in [2.05, 4.69) is 16.4 Å². The summed E-state index contributed by atoms with van der Waals surface area (Å²) in [5.41, 5.74) is 7.02. The molecule has 1 aliphatic rings. The zero-order valence-corrected chi connectivity index (χ0v) is 8.37. The molecule has 0 aliphatic carbocycles. The van der Waals surface area contributed by atoms with E-state index in [0.717, 1.165) is 25.4 Å². The summed E-state index contributed by atoms with van der Waals surface area (Å²) < 4.78 is 0. The van der Waals surface area contributed by atoms with Crippen LogP contribution in [0.1, 0.15) is 18.4 Å². The van der Waals surface area contributed by atoms with Crippen LogP contribution < -0.4 is 11.1 Å². The molecule has 76 valence electrons. The number of hydrogen-bond donors (Lipinski definition) is 2. The fraction of sp³-hybridized carbons (Fsp3) is 0.545. The van der Waals surface area contributed by atoms with Gasteiger partial charge in [0.2, 0.25) is 0 Å². The van der Waals surface area contributed by atoms with Crippen LogP contribution in [0.5, 0.6) is 0 Å². The van der Waals surface area contributed by atoms with Gasteiger partial charge in [0.1, 0.15) is 5.82 Å². The van der Waals surface area contributed by atoms with Crippen LogP contribution in [0.4, 0.5) is 5.82 Å². The molecule has 2 heterocycles. The van der Waals surface area contributed by atoms with E-state index in [4.69, 9.17) is 5.73 Å². The average Bonchev–Trinajstić information content (AvgIpc) is 2.23. The van der Waals surface area contributed by atoms with Gasteiger partial charge in [-0.2, -0.15) is 0 Å². The van der Waals surface area contributed by atoms with Gasteiger partial charge in [0.25, 0.3) is 0 Å². The minimum Gasteiger partial charge on any atom is -0.383 e. The Morgan fingerprint density at radius 2 is 2.21 bits per heavy atom. The molecule has 1 saturated heterocycles. The van der Waals surface area contributed by atoms with Gasteiger partial charge in [0, 0.05) is 6.20 Å². The molecule has 3 N–H and O–H groups in total. The lowest BCUT2D eigenvalue weighted by Crippen LogP contribution is -2.28. The van der Waals surface area contributed by atoms with Crippen LogP contribution >= 0.6 is 0 Å². The van der Waals surface area contributed by atoms with Crippen LogP contribution in [-0.4, -0.2) is 18.1 Å². The maximum Gasteiger partial charge on any atom is 0.126 e. The number of rotatable bonds is 2. The SMILES string of the molecule is Nc1ncccc1CC1CCNCC1. The molecule has 0 aromatic carbocycles. The van der Waals surface area contributed by atoms with E-state index in [-0.39, 0.29) is 0 Å². The summed E-state index contributed by atoms with van der Waals surface area (Å²) >= 11 is 0. The molecule has 2 rings (SSSR count). The van der Waals surface area contributed by atoms with Crippen LogP contribution in [0, 0.1) is 5.92 Å². The van der Waals surface area contributed by atoms with Crippen molar-refractivity contribution in [3.63, 3.8) is 0 Å². The van der Waals surface area contributed by atoms with E-state index >= 15 is 0 Å². The maximum atomic E-state index is 5.81. The average molecular weight is 191 g/mol. The van der Waals surface area contributed by atoms with Gasteiger partial charge >= 0.3 is 0 Å². The zero-order valence-electron chi connectivity index (χ0n) is 8.37. The lowest BCUT2D eigenvalue weighted by atomic mass is 9.91. The summed E-state index contributed by atoms with van der Waals surface area (Å²) in [6.45, 7) is 2.29. The van der Waals surface area contributed by atoms with Crippen molar-refractivity contribution in [2.75, 3.05) is 18.8 Å². The Morgan fingerprint density at radius 3 is 2.93 bits per heavy atom. The molecule has 1 aliphatic heterocycles. The predicted molar refractivity (Wildman–Crippen MR) is 57.9 cm³/mol. The Kier molecular flexibility index (Phi) is 2.99. The summed E-state index contributed by atoms with van der Waals surface area (Å²) in [6, 6.07) is 4.05. The van der Waals surface area contributed by atoms with Gasteiger partial charge in [-0.15, -0.1) is 0 Å². The van der Waals surface area contributed by atoms with Crippen molar-refractivity contribution in [1.29, 1.82) is 0 Å². The summed E-state index contributed by atoms with van der Waals surface area (Å²) in [5.74, 6) is 1.48. The van der Waals surface area contributed by atoms with Gasteiger partial charge in [-0.3, -0.25) is 0 Å². The number of piperidine rings is 1. The van der Waals surface area contributed by atoms with E-state index in [1.807, 2.05) is 6.07 Å². The molecule has 0 radical (unpaired) electrons. The molecule has 14 heavy (non-hydrogen) atoms. The second-order valence-electron chi connectivity index (χ2n) is 3.95. The van der Waals surface area contributed by atoms with E-state index in [0.29, 0.717) is 5.82 Å². The molecule has 1 aromatic heterocycles. The molecule has 0 atom stereocenters. The van der Waals surface area contributed by atoms with Crippen LogP contribution in [0.25, 0.3) is 0 Å².